The summed E-state index contributed by atoms with van der Waals surface area (Å²) in [6.07, 6.45) is 0. The van der Waals surface area contributed by atoms with Gasteiger partial charge in [0.2, 0.25) is 0 Å². The van der Waals surface area contributed by atoms with Crippen LogP contribution >= 0.6 is 0 Å². The summed E-state index contributed by atoms with van der Waals surface area (Å²) in [5.41, 5.74) is 27.0. The first-order valence-electron chi connectivity index (χ1n) is 32.4. The summed E-state index contributed by atoms with van der Waals surface area (Å²) < 4.78 is 2.48. The predicted molar refractivity (Wildman–Crippen MR) is 399 cm³/mol. The Morgan fingerprint density at radius 2 is 0.553 bits per heavy atom. The Labute approximate surface area is 548 Å². The van der Waals surface area contributed by atoms with Crippen molar-refractivity contribution in [3.05, 3.63) is 376 Å². The normalized spacial score (nSPS) is 11.4. The molecule has 0 saturated heterocycles. The largest absolute Gasteiger partial charge is 0.310 e. The first-order chi connectivity index (χ1) is 46.6. The third-order valence-corrected chi connectivity index (χ3v) is 18.8. The zero-order valence-electron chi connectivity index (χ0n) is 51.7. The number of anilines is 3. The molecule has 0 atom stereocenters. The molecule has 0 bridgehead atoms. The van der Waals surface area contributed by atoms with Crippen LogP contribution in [0.3, 0.4) is 0 Å². The molecule has 0 spiro atoms. The Hall–Kier alpha value is -12.4. The molecule has 17 rings (SSSR count). The number of rotatable bonds is 13. The van der Waals surface area contributed by atoms with E-state index < -0.39 is 0 Å². The number of nitrogens with zero attached hydrogens (tertiary/aromatic N) is 2. The second kappa shape index (κ2) is 24.1. The van der Waals surface area contributed by atoms with Crippen molar-refractivity contribution in [3.8, 4) is 106 Å². The molecule has 1 aromatic heterocycles. The summed E-state index contributed by atoms with van der Waals surface area (Å²) in [6, 6.07) is 139. The van der Waals surface area contributed by atoms with Gasteiger partial charge in [0.25, 0.3) is 0 Å². The molecule has 0 fully saturated rings. The van der Waals surface area contributed by atoms with Gasteiger partial charge in [-0.15, -0.1) is 0 Å². The van der Waals surface area contributed by atoms with E-state index >= 15 is 0 Å². The van der Waals surface area contributed by atoms with Gasteiger partial charge in [0.1, 0.15) is 0 Å². The van der Waals surface area contributed by atoms with E-state index in [1.165, 1.54) is 65.7 Å². The van der Waals surface area contributed by atoms with E-state index in [1.54, 1.807) is 0 Å². The molecule has 0 amide bonds. The molecule has 0 saturated carbocycles. The van der Waals surface area contributed by atoms with Gasteiger partial charge in [0.15, 0.2) is 0 Å². The SMILES string of the molecule is c1ccc(-c2ccc(-n3c4ccccc4c4ccccc43)c(-c3cccc(N(c4ccc(-c5cc6ccccc6cc5-c5ccccc5)c(-c5ccccc5)c4)c4ccc(-c5cc6ccccc6cc5-c5ccccc5)c(-c5ccccc5)c4)c3-c3ccccc3)c2)cc1. The summed E-state index contributed by atoms with van der Waals surface area (Å²) in [7, 11) is 0. The van der Waals surface area contributed by atoms with Crippen molar-refractivity contribution in [2.75, 3.05) is 4.90 Å². The topological polar surface area (TPSA) is 8.17 Å². The fourth-order valence-electron chi connectivity index (χ4n) is 14.4. The van der Waals surface area contributed by atoms with E-state index in [1.807, 2.05) is 0 Å². The molecule has 0 radical (unpaired) electrons. The van der Waals surface area contributed by atoms with Gasteiger partial charge in [0.05, 0.1) is 22.4 Å². The van der Waals surface area contributed by atoms with Crippen LogP contribution < -0.4 is 4.90 Å². The summed E-state index contributed by atoms with van der Waals surface area (Å²) in [6.45, 7) is 0. The van der Waals surface area contributed by atoms with E-state index in [4.69, 9.17) is 0 Å². The molecule has 440 valence electrons. The molecule has 94 heavy (non-hydrogen) atoms. The lowest BCUT2D eigenvalue weighted by molar-refractivity contribution is 1.18. The lowest BCUT2D eigenvalue weighted by Crippen LogP contribution is -2.13. The quantitative estimate of drug-likeness (QED) is 0.112. The van der Waals surface area contributed by atoms with Crippen LogP contribution in [0.15, 0.2) is 376 Å². The Balaban J connectivity index is 0.978. The minimum atomic E-state index is 1.02. The molecule has 0 aliphatic heterocycles. The Kier molecular flexibility index (Phi) is 14.3. The van der Waals surface area contributed by atoms with Crippen molar-refractivity contribution >= 4 is 60.4 Å². The summed E-state index contributed by atoms with van der Waals surface area (Å²) >= 11 is 0. The van der Waals surface area contributed by atoms with E-state index in [-0.39, 0.29) is 0 Å². The highest BCUT2D eigenvalue weighted by molar-refractivity contribution is 6.11. The highest BCUT2D eigenvalue weighted by Gasteiger charge is 2.27. The zero-order chi connectivity index (χ0) is 62.3. The maximum Gasteiger partial charge on any atom is 0.0546 e. The fourth-order valence-corrected chi connectivity index (χ4v) is 14.4. The number of hydrogen-bond acceptors (Lipinski definition) is 1. The Bertz CT molecular complexity index is 5380. The van der Waals surface area contributed by atoms with E-state index in [2.05, 4.69) is 386 Å². The van der Waals surface area contributed by atoms with Crippen LogP contribution in [-0.2, 0) is 0 Å². The average molecular weight is 1200 g/mol. The molecule has 0 unspecified atom stereocenters. The summed E-state index contributed by atoms with van der Waals surface area (Å²) in [4.78, 5) is 2.54. The second-order valence-electron chi connectivity index (χ2n) is 24.3. The van der Waals surface area contributed by atoms with Crippen molar-refractivity contribution in [1.29, 1.82) is 0 Å². The summed E-state index contributed by atoms with van der Waals surface area (Å²) in [5.74, 6) is 0. The molecular weight excluding hydrogens is 1130 g/mol. The van der Waals surface area contributed by atoms with E-state index in [0.29, 0.717) is 0 Å². The maximum atomic E-state index is 2.54. The molecular formula is C92H62N2. The molecule has 16 aromatic carbocycles. The third-order valence-electron chi connectivity index (χ3n) is 18.8. The van der Waals surface area contributed by atoms with Crippen molar-refractivity contribution in [2.45, 2.75) is 0 Å². The molecule has 17 aromatic rings. The lowest BCUT2D eigenvalue weighted by atomic mass is 9.86. The first-order valence-corrected chi connectivity index (χ1v) is 32.4. The van der Waals surface area contributed by atoms with Gasteiger partial charge in [0, 0.05) is 33.3 Å². The Morgan fingerprint density at radius 3 is 0.989 bits per heavy atom. The molecule has 0 aliphatic carbocycles. The molecule has 2 heteroatoms. The van der Waals surface area contributed by atoms with Crippen molar-refractivity contribution in [3.63, 3.8) is 0 Å². The van der Waals surface area contributed by atoms with Crippen LogP contribution in [0.1, 0.15) is 0 Å². The zero-order valence-corrected chi connectivity index (χ0v) is 51.7. The minimum absolute atomic E-state index is 1.02. The lowest BCUT2D eigenvalue weighted by Gasteiger charge is -2.31. The standard InChI is InChI=1S/C92H62N2/c1-7-28-63(29-8-1)73-50-55-90(94-88-47-25-23-44-78(88)79-45-24-26-48-89(79)94)87(60-73)80-46-27-49-91(92(80)68-38-17-6-18-39-68)93(74-51-53-76(83(61-74)66-34-13-4-14-35-66)85-58-71-42-21-19-40-69(71)56-81(85)64-30-9-2-10-31-64)75-52-54-77(84(62-75)67-36-15-5-16-37-67)86-59-72-43-22-20-41-70(72)57-82(86)65-32-11-3-12-33-65/h1-62H. The number of hydrogen-bond donors (Lipinski definition) is 0. The number of aromatic nitrogens is 1. The second-order valence-corrected chi connectivity index (χ2v) is 24.3. The van der Waals surface area contributed by atoms with Gasteiger partial charge in [-0.25, -0.2) is 0 Å². The van der Waals surface area contributed by atoms with Gasteiger partial charge in [-0.05, 0) is 189 Å². The Morgan fingerprint density at radius 1 is 0.191 bits per heavy atom. The molecule has 0 aliphatic rings. The first kappa shape index (κ1) is 55.7. The van der Waals surface area contributed by atoms with Gasteiger partial charge in [-0.3, -0.25) is 0 Å². The van der Waals surface area contributed by atoms with Crippen molar-refractivity contribution in [2.24, 2.45) is 0 Å². The van der Waals surface area contributed by atoms with Crippen LogP contribution in [0.2, 0.25) is 0 Å². The van der Waals surface area contributed by atoms with Crippen LogP contribution in [0.5, 0.6) is 0 Å². The van der Waals surface area contributed by atoms with E-state index in [9.17, 15) is 0 Å². The highest BCUT2D eigenvalue weighted by atomic mass is 15.1. The van der Waals surface area contributed by atoms with Crippen molar-refractivity contribution < 1.29 is 0 Å². The number of fused-ring (bicyclic) bond motifs is 5. The molecule has 0 N–H and O–H groups in total. The van der Waals surface area contributed by atoms with E-state index in [0.717, 1.165) is 101 Å². The number of benzene rings is 16. The van der Waals surface area contributed by atoms with Gasteiger partial charge >= 0.3 is 0 Å². The monoisotopic (exact) mass is 1190 g/mol. The van der Waals surface area contributed by atoms with Gasteiger partial charge in [-0.1, -0.05) is 297 Å². The highest BCUT2D eigenvalue weighted by Crippen LogP contribution is 2.52. The number of para-hydroxylation sites is 2. The van der Waals surface area contributed by atoms with Crippen LogP contribution in [0.25, 0.3) is 149 Å². The predicted octanol–water partition coefficient (Wildman–Crippen LogP) is 25.6. The van der Waals surface area contributed by atoms with Gasteiger partial charge in [-0.2, -0.15) is 0 Å². The molecule has 2 nitrogen and oxygen atoms in total. The maximum absolute atomic E-state index is 2.54. The fraction of sp³-hybridized carbons (Fsp3) is 0. The van der Waals surface area contributed by atoms with Crippen LogP contribution in [0, 0.1) is 0 Å². The van der Waals surface area contributed by atoms with Crippen LogP contribution in [0.4, 0.5) is 17.1 Å². The smallest absolute Gasteiger partial charge is 0.0546 e. The van der Waals surface area contributed by atoms with Crippen molar-refractivity contribution in [1.82, 2.24) is 4.57 Å². The summed E-state index contributed by atoms with van der Waals surface area (Å²) in [5, 5.41) is 7.23. The minimum Gasteiger partial charge on any atom is -0.310 e. The third kappa shape index (κ3) is 10.1. The van der Waals surface area contributed by atoms with Gasteiger partial charge < -0.3 is 9.47 Å². The van der Waals surface area contributed by atoms with Crippen LogP contribution in [-0.4, -0.2) is 4.57 Å². The average Bonchev–Trinajstić information content (AvgIpc) is 1.28. The molecule has 1 heterocycles.